The van der Waals surface area contributed by atoms with Gasteiger partial charge in [-0.2, -0.15) is 0 Å². The predicted molar refractivity (Wildman–Crippen MR) is 54.3 cm³/mol. The van der Waals surface area contributed by atoms with Gasteiger partial charge in [-0.15, -0.1) is 0 Å². The third-order valence-corrected chi connectivity index (χ3v) is 1.56. The fourth-order valence-electron chi connectivity index (χ4n) is 0.879. The van der Waals surface area contributed by atoms with Crippen molar-refractivity contribution in [3.63, 3.8) is 0 Å². The molecule has 0 saturated carbocycles. The van der Waals surface area contributed by atoms with Gasteiger partial charge in [0.15, 0.2) is 17.3 Å². The average molecular weight is 198 g/mol. The van der Waals surface area contributed by atoms with Gasteiger partial charge in [0.25, 0.3) is 0 Å². The molecule has 2 nitrogen and oxygen atoms in total. The summed E-state index contributed by atoms with van der Waals surface area (Å²) in [7, 11) is 1.36. The number of carbonyl (C=O) groups is 1. The van der Waals surface area contributed by atoms with Crippen LogP contribution in [0, 0.1) is 5.82 Å². The molecule has 78 valence electrons. The lowest BCUT2D eigenvalue weighted by molar-refractivity contribution is 0.101. The lowest BCUT2D eigenvalue weighted by Crippen LogP contribution is -1.95. The van der Waals surface area contributed by atoms with Crippen molar-refractivity contribution in [2.75, 3.05) is 7.11 Å². The summed E-state index contributed by atoms with van der Waals surface area (Å²) in [6, 6.07) is 4.04. The Hall–Kier alpha value is -1.38. The van der Waals surface area contributed by atoms with Crippen molar-refractivity contribution in [3.05, 3.63) is 29.6 Å². The van der Waals surface area contributed by atoms with Crippen LogP contribution >= 0.6 is 0 Å². The minimum Gasteiger partial charge on any atom is -0.494 e. The number of rotatable bonds is 2. The molecule has 1 aromatic carbocycles. The van der Waals surface area contributed by atoms with Crippen molar-refractivity contribution in [1.29, 1.82) is 0 Å². The Morgan fingerprint density at radius 1 is 1.36 bits per heavy atom. The van der Waals surface area contributed by atoms with E-state index >= 15 is 0 Å². The molecule has 0 bridgehead atoms. The van der Waals surface area contributed by atoms with E-state index in [-0.39, 0.29) is 11.5 Å². The molecule has 0 fully saturated rings. The van der Waals surface area contributed by atoms with Gasteiger partial charge >= 0.3 is 0 Å². The van der Waals surface area contributed by atoms with E-state index in [1.165, 1.54) is 32.2 Å². The zero-order valence-corrected chi connectivity index (χ0v) is 8.93. The standard InChI is InChI=1S/C9H9FO2.C2H6/c1-6(11)7-3-4-8(10)9(5-7)12-2;1-2/h3-5H,1-2H3;1-2H3. The van der Waals surface area contributed by atoms with Gasteiger partial charge in [0.2, 0.25) is 0 Å². The summed E-state index contributed by atoms with van der Waals surface area (Å²) in [5, 5.41) is 0. The number of Topliss-reactive ketones (excluding diaryl/α,β-unsaturated/α-hetero) is 1. The SMILES string of the molecule is CC.COc1cc(C(C)=O)ccc1F. The van der Waals surface area contributed by atoms with E-state index in [4.69, 9.17) is 4.74 Å². The summed E-state index contributed by atoms with van der Waals surface area (Å²) in [5.74, 6) is -0.460. The molecule has 0 spiro atoms. The predicted octanol–water partition coefficient (Wildman–Crippen LogP) is 3.06. The van der Waals surface area contributed by atoms with E-state index < -0.39 is 5.82 Å². The molecule has 0 N–H and O–H groups in total. The lowest BCUT2D eigenvalue weighted by Gasteiger charge is -2.02. The zero-order valence-electron chi connectivity index (χ0n) is 8.93. The van der Waals surface area contributed by atoms with Gasteiger partial charge in [-0.05, 0) is 25.1 Å². The first-order valence-corrected chi connectivity index (χ1v) is 4.49. The first-order valence-electron chi connectivity index (χ1n) is 4.49. The monoisotopic (exact) mass is 198 g/mol. The van der Waals surface area contributed by atoms with Gasteiger partial charge in [-0.1, -0.05) is 13.8 Å². The van der Waals surface area contributed by atoms with Crippen molar-refractivity contribution in [1.82, 2.24) is 0 Å². The van der Waals surface area contributed by atoms with Gasteiger partial charge in [0.1, 0.15) is 0 Å². The fraction of sp³-hybridized carbons (Fsp3) is 0.364. The summed E-state index contributed by atoms with van der Waals surface area (Å²) < 4.78 is 17.5. The fourth-order valence-corrected chi connectivity index (χ4v) is 0.879. The quantitative estimate of drug-likeness (QED) is 0.682. The summed E-state index contributed by atoms with van der Waals surface area (Å²) in [4.78, 5) is 10.8. The molecule has 0 radical (unpaired) electrons. The van der Waals surface area contributed by atoms with Crippen molar-refractivity contribution < 1.29 is 13.9 Å². The molecule has 0 heterocycles. The van der Waals surface area contributed by atoms with Crippen LogP contribution in [0.2, 0.25) is 0 Å². The number of halogens is 1. The molecular weight excluding hydrogens is 183 g/mol. The zero-order chi connectivity index (χ0) is 11.1. The molecule has 0 aliphatic heterocycles. The van der Waals surface area contributed by atoms with E-state index in [2.05, 4.69) is 0 Å². The largest absolute Gasteiger partial charge is 0.494 e. The van der Waals surface area contributed by atoms with Crippen molar-refractivity contribution in [3.8, 4) is 5.75 Å². The molecule has 0 unspecified atom stereocenters. The number of hydrogen-bond acceptors (Lipinski definition) is 2. The lowest BCUT2D eigenvalue weighted by atomic mass is 10.1. The van der Waals surface area contributed by atoms with Crippen molar-refractivity contribution >= 4 is 5.78 Å². The van der Waals surface area contributed by atoms with Crippen molar-refractivity contribution in [2.45, 2.75) is 20.8 Å². The van der Waals surface area contributed by atoms with Crippen molar-refractivity contribution in [2.24, 2.45) is 0 Å². The first kappa shape index (κ1) is 12.6. The number of carbonyl (C=O) groups excluding carboxylic acids is 1. The molecule has 3 heteroatoms. The minimum atomic E-state index is -0.456. The number of ether oxygens (including phenoxy) is 1. The molecule has 0 aromatic heterocycles. The molecule has 0 atom stereocenters. The summed E-state index contributed by atoms with van der Waals surface area (Å²) in [6.45, 7) is 5.42. The molecular formula is C11H15FO2. The van der Waals surface area contributed by atoms with Gasteiger partial charge in [-0.3, -0.25) is 4.79 Å². The van der Waals surface area contributed by atoms with Crippen LogP contribution < -0.4 is 4.74 Å². The van der Waals surface area contributed by atoms with Crippen LogP contribution in [0.25, 0.3) is 0 Å². The molecule has 0 saturated heterocycles. The summed E-state index contributed by atoms with van der Waals surface area (Å²) in [6.07, 6.45) is 0. The molecule has 14 heavy (non-hydrogen) atoms. The van der Waals surface area contributed by atoms with E-state index in [1.54, 1.807) is 0 Å². The van der Waals surface area contributed by atoms with Crippen LogP contribution in [0.3, 0.4) is 0 Å². The van der Waals surface area contributed by atoms with Gasteiger partial charge in [-0.25, -0.2) is 4.39 Å². The molecule has 0 amide bonds. The smallest absolute Gasteiger partial charge is 0.165 e. The van der Waals surface area contributed by atoms with Crippen LogP contribution in [0.15, 0.2) is 18.2 Å². The number of ketones is 1. The molecule has 0 aliphatic carbocycles. The van der Waals surface area contributed by atoms with Crippen LogP contribution in [0.4, 0.5) is 4.39 Å². The Balaban J connectivity index is 0.000000791. The number of methoxy groups -OCH3 is 1. The van der Waals surface area contributed by atoms with Crippen LogP contribution in [0.5, 0.6) is 5.75 Å². The Morgan fingerprint density at radius 2 is 1.93 bits per heavy atom. The summed E-state index contributed by atoms with van der Waals surface area (Å²) >= 11 is 0. The van der Waals surface area contributed by atoms with Crippen LogP contribution in [-0.4, -0.2) is 12.9 Å². The van der Waals surface area contributed by atoms with E-state index in [0.717, 1.165) is 0 Å². The minimum absolute atomic E-state index is 0.0997. The third-order valence-electron chi connectivity index (χ3n) is 1.56. The highest BCUT2D eigenvalue weighted by atomic mass is 19.1. The second-order valence-corrected chi connectivity index (χ2v) is 2.41. The van der Waals surface area contributed by atoms with E-state index in [1.807, 2.05) is 13.8 Å². The number of hydrogen-bond donors (Lipinski definition) is 0. The maximum atomic E-state index is 12.8. The Bertz CT molecular complexity index is 308. The van der Waals surface area contributed by atoms with Gasteiger partial charge < -0.3 is 4.74 Å². The molecule has 1 aromatic rings. The topological polar surface area (TPSA) is 26.3 Å². The maximum Gasteiger partial charge on any atom is 0.165 e. The first-order chi connectivity index (χ1) is 6.65. The highest BCUT2D eigenvalue weighted by Gasteiger charge is 2.05. The Labute approximate surface area is 83.7 Å². The average Bonchev–Trinajstić information content (AvgIpc) is 2.21. The molecule has 0 aliphatic rings. The van der Waals surface area contributed by atoms with Crippen LogP contribution in [0.1, 0.15) is 31.1 Å². The second-order valence-electron chi connectivity index (χ2n) is 2.41. The number of benzene rings is 1. The van der Waals surface area contributed by atoms with Gasteiger partial charge in [0, 0.05) is 5.56 Å². The van der Waals surface area contributed by atoms with E-state index in [9.17, 15) is 9.18 Å². The highest BCUT2D eigenvalue weighted by Crippen LogP contribution is 2.18. The van der Waals surface area contributed by atoms with Gasteiger partial charge in [0.05, 0.1) is 7.11 Å². The molecule has 1 rings (SSSR count). The third kappa shape index (κ3) is 3.17. The highest BCUT2D eigenvalue weighted by molar-refractivity contribution is 5.94. The maximum absolute atomic E-state index is 12.8. The summed E-state index contributed by atoms with van der Waals surface area (Å²) in [5.41, 5.74) is 0.452. The Morgan fingerprint density at radius 3 is 2.36 bits per heavy atom. The Kier molecular flexibility index (Phi) is 5.53. The normalized spacial score (nSPS) is 8.64. The van der Waals surface area contributed by atoms with Crippen LogP contribution in [-0.2, 0) is 0 Å². The van der Waals surface area contributed by atoms with E-state index in [0.29, 0.717) is 5.56 Å². The second kappa shape index (κ2) is 6.13.